The van der Waals surface area contributed by atoms with Crippen LogP contribution in [0.4, 0.5) is 17.1 Å². The Balaban J connectivity index is 1.34. The highest BCUT2D eigenvalue weighted by molar-refractivity contribution is 7.89. The first-order valence-electron chi connectivity index (χ1n) is 12.5. The lowest BCUT2D eigenvalue weighted by atomic mass is 9.48. The second-order valence-corrected chi connectivity index (χ2v) is 13.1. The molecule has 0 unspecified atom stereocenters. The third-order valence-corrected chi connectivity index (χ3v) is 10.8. The fraction of sp³-hybridized carbons (Fsp3) is 0.750. The van der Waals surface area contributed by atoms with Crippen LogP contribution in [-0.2, 0) is 10.0 Å². The monoisotopic (exact) mass is 476 g/mol. The van der Waals surface area contributed by atoms with E-state index in [1.54, 1.807) is 23.4 Å². The largest absolute Gasteiger partial charge is 0.376 e. The molecule has 33 heavy (non-hydrogen) atoms. The van der Waals surface area contributed by atoms with Gasteiger partial charge in [-0.15, -0.1) is 0 Å². The average Bonchev–Trinajstić information content (AvgIpc) is 2.78. The van der Waals surface area contributed by atoms with Gasteiger partial charge in [-0.25, -0.2) is 8.42 Å². The van der Waals surface area contributed by atoms with E-state index >= 15 is 0 Å². The minimum Gasteiger partial charge on any atom is -0.376 e. The van der Waals surface area contributed by atoms with Gasteiger partial charge in [-0.2, -0.15) is 4.31 Å². The van der Waals surface area contributed by atoms with Crippen LogP contribution in [0, 0.1) is 33.3 Å². The number of hydrogen-bond donors (Lipinski definition) is 1. The number of sulfonamides is 1. The summed E-state index contributed by atoms with van der Waals surface area (Å²) in [5, 5.41) is 15.4. The van der Waals surface area contributed by atoms with E-state index in [1.807, 2.05) is 6.07 Å². The Morgan fingerprint density at radius 1 is 1.09 bits per heavy atom. The molecule has 9 heteroatoms. The van der Waals surface area contributed by atoms with Gasteiger partial charge in [0.15, 0.2) is 0 Å². The molecule has 4 bridgehead atoms. The lowest BCUT2D eigenvalue weighted by Crippen LogP contribution is -2.53. The maximum absolute atomic E-state index is 12.2. The fourth-order valence-electron chi connectivity index (χ4n) is 7.50. The number of rotatable bonds is 7. The van der Waals surface area contributed by atoms with Crippen LogP contribution in [0.5, 0.6) is 0 Å². The summed E-state index contributed by atoms with van der Waals surface area (Å²) in [6.07, 6.45) is 7.86. The van der Waals surface area contributed by atoms with E-state index in [0.717, 1.165) is 23.4 Å². The van der Waals surface area contributed by atoms with Crippen LogP contribution in [0.2, 0.25) is 0 Å². The molecule has 4 aliphatic carbocycles. The number of nitrogens with one attached hydrogen (secondary N) is 1. The summed E-state index contributed by atoms with van der Waals surface area (Å²) in [4.78, 5) is 13.6. The Hall–Kier alpha value is -1.87. The van der Waals surface area contributed by atoms with Crippen molar-refractivity contribution in [2.75, 3.05) is 42.1 Å². The molecule has 1 aromatic carbocycles. The fourth-order valence-corrected chi connectivity index (χ4v) is 8.58. The molecule has 1 saturated heterocycles. The molecule has 1 aliphatic heterocycles. The van der Waals surface area contributed by atoms with Crippen molar-refractivity contribution in [3.05, 3.63) is 28.3 Å². The quantitative estimate of drug-likeness (QED) is 0.471. The first-order valence-corrected chi connectivity index (χ1v) is 14.1. The predicted molar refractivity (Wildman–Crippen MR) is 130 cm³/mol. The Labute approximate surface area is 196 Å². The van der Waals surface area contributed by atoms with Gasteiger partial charge in [0.05, 0.1) is 10.7 Å². The van der Waals surface area contributed by atoms with Gasteiger partial charge in [0.1, 0.15) is 5.69 Å². The molecule has 0 aromatic heterocycles. The summed E-state index contributed by atoms with van der Waals surface area (Å²) in [7, 11) is -3.19. The highest BCUT2D eigenvalue weighted by atomic mass is 32.2. The van der Waals surface area contributed by atoms with Crippen molar-refractivity contribution in [1.29, 1.82) is 0 Å². The Bertz CT molecular complexity index is 984. The SMILES string of the molecule is CCS(=O)(=O)N1CCN(c2ccc([N+](=O)[O-])c(N[C@@H](C)C34CC5CC(CC(C5)C3)C4)c2)CC1. The Morgan fingerprint density at radius 3 is 2.18 bits per heavy atom. The van der Waals surface area contributed by atoms with Gasteiger partial charge in [0.2, 0.25) is 10.0 Å². The van der Waals surface area contributed by atoms with E-state index in [1.165, 1.54) is 38.5 Å². The maximum atomic E-state index is 12.2. The van der Waals surface area contributed by atoms with Crippen molar-refractivity contribution < 1.29 is 13.3 Å². The molecule has 1 aromatic rings. The molecule has 8 nitrogen and oxygen atoms in total. The molecule has 1 N–H and O–H groups in total. The lowest BCUT2D eigenvalue weighted by Gasteiger charge is -2.59. The van der Waals surface area contributed by atoms with E-state index < -0.39 is 10.0 Å². The van der Waals surface area contributed by atoms with E-state index in [0.29, 0.717) is 31.9 Å². The van der Waals surface area contributed by atoms with Crippen molar-refractivity contribution in [1.82, 2.24) is 4.31 Å². The summed E-state index contributed by atoms with van der Waals surface area (Å²) in [6.45, 7) is 5.94. The van der Waals surface area contributed by atoms with Gasteiger partial charge >= 0.3 is 0 Å². The summed E-state index contributed by atoms with van der Waals surface area (Å²) < 4.78 is 25.9. The highest BCUT2D eigenvalue weighted by Crippen LogP contribution is 2.61. The topological polar surface area (TPSA) is 95.8 Å². The molecule has 0 spiro atoms. The van der Waals surface area contributed by atoms with Crippen molar-refractivity contribution >= 4 is 27.1 Å². The molecule has 0 radical (unpaired) electrons. The van der Waals surface area contributed by atoms with Crippen LogP contribution >= 0.6 is 0 Å². The molecule has 5 aliphatic rings. The second-order valence-electron chi connectivity index (χ2n) is 10.9. The maximum Gasteiger partial charge on any atom is 0.292 e. The summed E-state index contributed by atoms with van der Waals surface area (Å²) >= 11 is 0. The molecule has 5 fully saturated rings. The first-order chi connectivity index (χ1) is 15.7. The molecule has 0 amide bonds. The lowest BCUT2D eigenvalue weighted by molar-refractivity contribution is -0.384. The van der Waals surface area contributed by atoms with Gasteiger partial charge in [-0.05, 0) is 87.7 Å². The number of nitro groups is 1. The van der Waals surface area contributed by atoms with Gasteiger partial charge < -0.3 is 10.2 Å². The number of nitro benzene ring substituents is 1. The molecule has 4 saturated carbocycles. The zero-order valence-electron chi connectivity index (χ0n) is 19.7. The number of piperazine rings is 1. The van der Waals surface area contributed by atoms with Gasteiger partial charge in [0.25, 0.3) is 5.69 Å². The average molecular weight is 477 g/mol. The predicted octanol–water partition coefficient (Wildman–Crippen LogP) is 4.08. The van der Waals surface area contributed by atoms with Crippen LogP contribution in [0.1, 0.15) is 52.4 Å². The van der Waals surface area contributed by atoms with Gasteiger partial charge in [-0.1, -0.05) is 0 Å². The summed E-state index contributed by atoms with van der Waals surface area (Å²) in [5.74, 6) is 2.61. The minimum absolute atomic E-state index is 0.112. The number of anilines is 2. The summed E-state index contributed by atoms with van der Waals surface area (Å²) in [5.41, 5.74) is 1.86. The van der Waals surface area contributed by atoms with Crippen molar-refractivity contribution in [2.24, 2.45) is 23.2 Å². The van der Waals surface area contributed by atoms with Crippen LogP contribution in [0.25, 0.3) is 0 Å². The van der Waals surface area contributed by atoms with Crippen LogP contribution < -0.4 is 10.2 Å². The van der Waals surface area contributed by atoms with Crippen molar-refractivity contribution in [3.63, 3.8) is 0 Å². The van der Waals surface area contributed by atoms with E-state index in [9.17, 15) is 18.5 Å². The number of hydrogen-bond acceptors (Lipinski definition) is 6. The zero-order valence-corrected chi connectivity index (χ0v) is 20.5. The van der Waals surface area contributed by atoms with E-state index in [-0.39, 0.29) is 27.8 Å². The first kappa shape index (κ1) is 22.9. The van der Waals surface area contributed by atoms with E-state index in [4.69, 9.17) is 0 Å². The van der Waals surface area contributed by atoms with Crippen LogP contribution in [0.15, 0.2) is 18.2 Å². The third-order valence-electron chi connectivity index (χ3n) is 8.91. The molecule has 6 rings (SSSR count). The van der Waals surface area contributed by atoms with Crippen LogP contribution in [0.3, 0.4) is 0 Å². The van der Waals surface area contributed by atoms with Crippen molar-refractivity contribution in [2.45, 2.75) is 58.4 Å². The van der Waals surface area contributed by atoms with Crippen molar-refractivity contribution in [3.8, 4) is 0 Å². The Kier molecular flexibility index (Phi) is 5.84. The minimum atomic E-state index is -3.19. The normalized spacial score (nSPS) is 32.7. The zero-order chi connectivity index (χ0) is 23.4. The molecule has 1 heterocycles. The van der Waals surface area contributed by atoms with Crippen LogP contribution in [-0.4, -0.2) is 55.6 Å². The molecule has 1 atom stereocenters. The van der Waals surface area contributed by atoms with E-state index in [2.05, 4.69) is 17.1 Å². The van der Waals surface area contributed by atoms with Gasteiger partial charge in [0, 0.05) is 44.0 Å². The standard InChI is InChI=1S/C24H36N4O4S/c1-3-33(31,32)27-8-6-26(7-9-27)21-4-5-23(28(29)30)22(13-21)25-17(2)24-14-18-10-19(15-24)12-20(11-18)16-24/h4-5,13,17-20,25H,3,6-12,14-16H2,1-2H3/t17-,18?,19?,20?,24?/m0/s1. The molecular formula is C24H36N4O4S. The smallest absolute Gasteiger partial charge is 0.292 e. The summed E-state index contributed by atoms with van der Waals surface area (Å²) in [6, 6.07) is 5.48. The number of nitrogens with zero attached hydrogens (tertiary/aromatic N) is 3. The van der Waals surface area contributed by atoms with Gasteiger partial charge in [-0.3, -0.25) is 10.1 Å². The Morgan fingerprint density at radius 2 is 1.67 bits per heavy atom. The molecular weight excluding hydrogens is 440 g/mol. The highest BCUT2D eigenvalue weighted by Gasteiger charge is 2.53. The molecule has 182 valence electrons. The number of benzene rings is 1. The third kappa shape index (κ3) is 4.22. The second kappa shape index (κ2) is 8.41.